The number of guanidine groups is 1. The zero-order chi connectivity index (χ0) is 11.7. The fourth-order valence-electron chi connectivity index (χ4n) is 3.40. The molecule has 0 amide bonds. The van der Waals surface area contributed by atoms with Gasteiger partial charge in [-0.25, -0.2) is 10.8 Å². The van der Waals surface area contributed by atoms with Gasteiger partial charge in [0.05, 0.1) is 6.04 Å². The Labute approximate surface area is 104 Å². The van der Waals surface area contributed by atoms with E-state index < -0.39 is 0 Å². The number of likely N-dealkylation sites (tertiary alicyclic amines) is 1. The molecule has 0 aromatic carbocycles. The Morgan fingerprint density at radius 3 is 2.29 bits per heavy atom. The fourth-order valence-corrected chi connectivity index (χ4v) is 3.40. The Kier molecular flexibility index (Phi) is 2.99. The number of hydrazine groups is 1. The Morgan fingerprint density at radius 1 is 1.12 bits per heavy atom. The summed E-state index contributed by atoms with van der Waals surface area (Å²) in [6, 6.07) is 0.545. The molecule has 3 N–H and O–H groups in total. The second kappa shape index (κ2) is 4.48. The molecule has 1 heterocycles. The Bertz CT molecular complexity index is 293. The van der Waals surface area contributed by atoms with Crippen LogP contribution in [0.5, 0.6) is 0 Å². The summed E-state index contributed by atoms with van der Waals surface area (Å²) in [5.41, 5.74) is 3.47. The molecule has 4 heteroatoms. The molecular weight excluding hydrogens is 212 g/mol. The van der Waals surface area contributed by atoms with E-state index in [1.54, 1.807) is 0 Å². The van der Waals surface area contributed by atoms with E-state index in [9.17, 15) is 0 Å². The quantitative estimate of drug-likeness (QED) is 0.315. The maximum Gasteiger partial charge on any atom is 0.208 e. The minimum absolute atomic E-state index is 0.545. The van der Waals surface area contributed by atoms with Gasteiger partial charge in [0.1, 0.15) is 0 Å². The average Bonchev–Trinajstić information content (AvgIpc) is 3.08. The first-order valence-corrected chi connectivity index (χ1v) is 7.11. The van der Waals surface area contributed by atoms with Crippen LogP contribution in [0.2, 0.25) is 0 Å². The van der Waals surface area contributed by atoms with Gasteiger partial charge >= 0.3 is 0 Å². The van der Waals surface area contributed by atoms with Gasteiger partial charge in [-0.3, -0.25) is 5.43 Å². The molecule has 4 nitrogen and oxygen atoms in total. The van der Waals surface area contributed by atoms with Crippen LogP contribution < -0.4 is 11.3 Å². The van der Waals surface area contributed by atoms with E-state index in [0.29, 0.717) is 11.5 Å². The predicted molar refractivity (Wildman–Crippen MR) is 69.5 cm³/mol. The molecule has 1 aliphatic heterocycles. The first-order chi connectivity index (χ1) is 8.31. The van der Waals surface area contributed by atoms with E-state index in [-0.39, 0.29) is 0 Å². The van der Waals surface area contributed by atoms with Gasteiger partial charge < -0.3 is 4.90 Å². The van der Waals surface area contributed by atoms with E-state index in [2.05, 4.69) is 15.3 Å². The van der Waals surface area contributed by atoms with Crippen LogP contribution >= 0.6 is 0 Å². The summed E-state index contributed by atoms with van der Waals surface area (Å²) < 4.78 is 0. The first-order valence-electron chi connectivity index (χ1n) is 7.11. The second-order valence-corrected chi connectivity index (χ2v) is 6.02. The lowest BCUT2D eigenvalue weighted by Gasteiger charge is -2.40. The zero-order valence-electron chi connectivity index (χ0n) is 10.6. The molecule has 1 spiro atoms. The average molecular weight is 236 g/mol. The largest absolute Gasteiger partial charge is 0.342 e. The highest BCUT2D eigenvalue weighted by atomic mass is 15.4. The number of piperidine rings is 1. The zero-order valence-corrected chi connectivity index (χ0v) is 10.6. The van der Waals surface area contributed by atoms with Crippen LogP contribution in [0.25, 0.3) is 0 Å². The number of nitrogens with one attached hydrogen (secondary N) is 1. The molecule has 1 saturated heterocycles. The van der Waals surface area contributed by atoms with Gasteiger partial charge in [-0.2, -0.15) is 0 Å². The number of aliphatic imine (C=N–C) groups is 1. The van der Waals surface area contributed by atoms with Crippen LogP contribution in [-0.4, -0.2) is 30.0 Å². The van der Waals surface area contributed by atoms with Gasteiger partial charge in [-0.1, -0.05) is 12.8 Å². The van der Waals surface area contributed by atoms with Crippen LogP contribution in [0.1, 0.15) is 51.4 Å². The summed E-state index contributed by atoms with van der Waals surface area (Å²) in [4.78, 5) is 7.00. The van der Waals surface area contributed by atoms with Crippen molar-refractivity contribution < 1.29 is 0 Å². The van der Waals surface area contributed by atoms with Crippen molar-refractivity contribution in [2.24, 2.45) is 16.3 Å². The molecule has 17 heavy (non-hydrogen) atoms. The molecule has 2 saturated carbocycles. The lowest BCUT2D eigenvalue weighted by molar-refractivity contribution is 0.151. The molecule has 0 bridgehead atoms. The van der Waals surface area contributed by atoms with E-state index >= 15 is 0 Å². The molecular formula is C13H24N4. The van der Waals surface area contributed by atoms with Gasteiger partial charge in [0.15, 0.2) is 0 Å². The SMILES string of the molecule is NNC(=NC1CC1)N1CCC2(CCCC2)CC1. The summed E-state index contributed by atoms with van der Waals surface area (Å²) in [6.45, 7) is 2.27. The minimum Gasteiger partial charge on any atom is -0.342 e. The minimum atomic E-state index is 0.545. The third kappa shape index (κ3) is 2.41. The molecule has 96 valence electrons. The Hall–Kier alpha value is -0.770. The van der Waals surface area contributed by atoms with Crippen LogP contribution in [0.15, 0.2) is 4.99 Å². The summed E-state index contributed by atoms with van der Waals surface area (Å²) in [7, 11) is 0. The van der Waals surface area contributed by atoms with Crippen LogP contribution in [0.4, 0.5) is 0 Å². The first kappa shape index (κ1) is 11.3. The molecule has 0 aromatic heterocycles. The predicted octanol–water partition coefficient (Wildman–Crippen LogP) is 1.62. The molecule has 0 atom stereocenters. The third-order valence-corrected chi connectivity index (χ3v) is 4.77. The van der Waals surface area contributed by atoms with E-state index in [1.165, 1.54) is 51.4 Å². The standard InChI is InChI=1S/C13H24N4/c14-16-12(15-11-3-4-11)17-9-7-13(8-10-17)5-1-2-6-13/h11H,1-10,14H2,(H,15,16). The summed E-state index contributed by atoms with van der Waals surface area (Å²) in [5.74, 6) is 6.53. The molecule has 3 fully saturated rings. The summed E-state index contributed by atoms with van der Waals surface area (Å²) in [6.07, 6.45) is 10.9. The highest BCUT2D eigenvalue weighted by Gasteiger charge is 2.37. The van der Waals surface area contributed by atoms with Crippen LogP contribution in [0.3, 0.4) is 0 Å². The molecule has 0 radical (unpaired) electrons. The maximum atomic E-state index is 5.60. The van der Waals surface area contributed by atoms with Crippen molar-refractivity contribution in [3.05, 3.63) is 0 Å². The van der Waals surface area contributed by atoms with E-state index in [1.807, 2.05) is 0 Å². The lowest BCUT2D eigenvalue weighted by atomic mass is 9.77. The maximum absolute atomic E-state index is 5.60. The number of hydrogen-bond donors (Lipinski definition) is 2. The highest BCUT2D eigenvalue weighted by Crippen LogP contribution is 2.46. The normalized spacial score (nSPS) is 28.8. The molecule has 3 rings (SSSR count). The van der Waals surface area contributed by atoms with Crippen molar-refractivity contribution in [2.45, 2.75) is 57.4 Å². The van der Waals surface area contributed by atoms with Crippen LogP contribution in [0, 0.1) is 5.41 Å². The van der Waals surface area contributed by atoms with E-state index in [0.717, 1.165) is 19.0 Å². The smallest absolute Gasteiger partial charge is 0.208 e. The van der Waals surface area contributed by atoms with Gasteiger partial charge in [-0.15, -0.1) is 0 Å². The molecule has 2 aliphatic carbocycles. The second-order valence-electron chi connectivity index (χ2n) is 6.02. The van der Waals surface area contributed by atoms with Crippen molar-refractivity contribution in [1.82, 2.24) is 10.3 Å². The lowest BCUT2D eigenvalue weighted by Crippen LogP contribution is -2.50. The van der Waals surface area contributed by atoms with Gasteiger partial charge in [-0.05, 0) is 43.9 Å². The van der Waals surface area contributed by atoms with E-state index in [4.69, 9.17) is 5.84 Å². The van der Waals surface area contributed by atoms with Crippen LogP contribution in [-0.2, 0) is 0 Å². The highest BCUT2D eigenvalue weighted by molar-refractivity contribution is 5.79. The monoisotopic (exact) mass is 236 g/mol. The van der Waals surface area contributed by atoms with Crippen molar-refractivity contribution in [2.75, 3.05) is 13.1 Å². The molecule has 0 aromatic rings. The summed E-state index contributed by atoms with van der Waals surface area (Å²) in [5, 5.41) is 0. The topological polar surface area (TPSA) is 53.6 Å². The fraction of sp³-hybridized carbons (Fsp3) is 0.923. The van der Waals surface area contributed by atoms with Crippen molar-refractivity contribution in [1.29, 1.82) is 0 Å². The molecule has 0 unspecified atom stereocenters. The number of nitrogens with two attached hydrogens (primary N) is 1. The molecule has 3 aliphatic rings. The van der Waals surface area contributed by atoms with Crippen molar-refractivity contribution >= 4 is 5.96 Å². The van der Waals surface area contributed by atoms with Gasteiger partial charge in [0, 0.05) is 13.1 Å². The number of hydrogen-bond acceptors (Lipinski definition) is 2. The van der Waals surface area contributed by atoms with Gasteiger partial charge in [0.25, 0.3) is 0 Å². The third-order valence-electron chi connectivity index (χ3n) is 4.77. The van der Waals surface area contributed by atoms with Crippen molar-refractivity contribution in [3.8, 4) is 0 Å². The number of rotatable bonds is 1. The summed E-state index contributed by atoms with van der Waals surface area (Å²) >= 11 is 0. The number of nitrogens with zero attached hydrogens (tertiary/aromatic N) is 2. The van der Waals surface area contributed by atoms with Gasteiger partial charge in [0.2, 0.25) is 5.96 Å². The Morgan fingerprint density at radius 2 is 1.76 bits per heavy atom. The Balaban J connectivity index is 1.59. The van der Waals surface area contributed by atoms with Crippen molar-refractivity contribution in [3.63, 3.8) is 0 Å².